The smallest absolute Gasteiger partial charge is 0.254 e. The lowest BCUT2D eigenvalue weighted by Crippen LogP contribution is -2.31. The van der Waals surface area contributed by atoms with Crippen LogP contribution in [0, 0.1) is 5.82 Å². The second-order valence-electron chi connectivity index (χ2n) is 5.04. The molecule has 3 aromatic rings. The number of tetrazole rings is 1. The fourth-order valence-electron chi connectivity index (χ4n) is 2.32. The minimum Gasteiger partial charge on any atom is -0.394 e. The molecule has 7 nitrogen and oxygen atoms in total. The van der Waals surface area contributed by atoms with Crippen LogP contribution in [0.25, 0.3) is 5.69 Å². The van der Waals surface area contributed by atoms with Gasteiger partial charge in [-0.15, -0.1) is 5.10 Å². The fraction of sp³-hybridized carbons (Fsp3) is 0.125. The monoisotopic (exact) mass is 327 g/mol. The first-order chi connectivity index (χ1) is 11.7. The molecule has 1 aromatic heterocycles. The first-order valence-electron chi connectivity index (χ1n) is 7.18. The Labute approximate surface area is 136 Å². The van der Waals surface area contributed by atoms with E-state index in [1.807, 2.05) is 6.07 Å². The van der Waals surface area contributed by atoms with Gasteiger partial charge in [-0.2, -0.15) is 4.68 Å². The van der Waals surface area contributed by atoms with Gasteiger partial charge in [0.2, 0.25) is 0 Å². The van der Waals surface area contributed by atoms with Crippen molar-refractivity contribution < 1.29 is 14.3 Å². The van der Waals surface area contributed by atoms with Crippen LogP contribution in [0.1, 0.15) is 22.0 Å². The Bertz CT molecular complexity index is 824. The predicted molar refractivity (Wildman–Crippen MR) is 82.8 cm³/mol. The Morgan fingerprint density at radius 2 is 2.04 bits per heavy atom. The topological polar surface area (TPSA) is 92.9 Å². The second-order valence-corrected chi connectivity index (χ2v) is 5.04. The number of aliphatic hydroxyl groups excluding tert-OH is 1. The van der Waals surface area contributed by atoms with Crippen LogP contribution in [0.3, 0.4) is 0 Å². The van der Waals surface area contributed by atoms with E-state index in [1.54, 1.807) is 24.3 Å². The van der Waals surface area contributed by atoms with Crippen molar-refractivity contribution in [1.29, 1.82) is 0 Å². The van der Waals surface area contributed by atoms with Gasteiger partial charge in [-0.25, -0.2) is 4.39 Å². The molecule has 0 aliphatic heterocycles. The summed E-state index contributed by atoms with van der Waals surface area (Å²) in [6, 6.07) is 12.1. The Morgan fingerprint density at radius 3 is 2.71 bits per heavy atom. The molecular weight excluding hydrogens is 313 g/mol. The van der Waals surface area contributed by atoms with E-state index in [4.69, 9.17) is 0 Å². The third kappa shape index (κ3) is 3.28. The number of aromatic nitrogens is 4. The molecule has 0 aliphatic rings. The van der Waals surface area contributed by atoms with Crippen molar-refractivity contribution in [3.8, 4) is 5.69 Å². The number of carbonyl (C=O) groups excluding carboxylic acids is 1. The van der Waals surface area contributed by atoms with E-state index in [2.05, 4.69) is 20.8 Å². The zero-order valence-corrected chi connectivity index (χ0v) is 12.5. The van der Waals surface area contributed by atoms with Gasteiger partial charge in [-0.1, -0.05) is 30.3 Å². The maximum atomic E-state index is 13.6. The summed E-state index contributed by atoms with van der Waals surface area (Å²) in [5.41, 5.74) is 1.15. The van der Waals surface area contributed by atoms with Crippen LogP contribution in [-0.2, 0) is 0 Å². The summed E-state index contributed by atoms with van der Waals surface area (Å²) >= 11 is 0. The van der Waals surface area contributed by atoms with Crippen molar-refractivity contribution >= 4 is 5.91 Å². The SMILES string of the molecule is O=C(N[C@H](CO)c1ccccc1)c1cc(F)ccc1-n1cnnn1. The van der Waals surface area contributed by atoms with Crippen LogP contribution in [0.5, 0.6) is 0 Å². The molecule has 0 spiro atoms. The number of halogens is 1. The lowest BCUT2D eigenvalue weighted by atomic mass is 10.1. The fourth-order valence-corrected chi connectivity index (χ4v) is 2.32. The molecule has 0 saturated heterocycles. The predicted octanol–water partition coefficient (Wildman–Crippen LogP) is 1.26. The molecule has 0 unspecified atom stereocenters. The van der Waals surface area contributed by atoms with Gasteiger partial charge in [0.15, 0.2) is 0 Å². The Kier molecular flexibility index (Phi) is 4.57. The Hall–Kier alpha value is -3.13. The van der Waals surface area contributed by atoms with Crippen LogP contribution < -0.4 is 5.32 Å². The number of hydrogen-bond acceptors (Lipinski definition) is 5. The number of rotatable bonds is 5. The van der Waals surface area contributed by atoms with Crippen molar-refractivity contribution in [2.24, 2.45) is 0 Å². The summed E-state index contributed by atoms with van der Waals surface area (Å²) in [6.45, 7) is -0.286. The first kappa shape index (κ1) is 15.8. The maximum absolute atomic E-state index is 13.6. The number of aliphatic hydroxyl groups is 1. The highest BCUT2D eigenvalue weighted by atomic mass is 19.1. The van der Waals surface area contributed by atoms with Gasteiger partial charge in [-0.3, -0.25) is 4.79 Å². The molecule has 122 valence electrons. The van der Waals surface area contributed by atoms with E-state index in [-0.39, 0.29) is 12.2 Å². The second kappa shape index (κ2) is 6.97. The first-order valence-corrected chi connectivity index (χ1v) is 7.18. The van der Waals surface area contributed by atoms with Gasteiger partial charge in [0.05, 0.1) is 23.9 Å². The average molecular weight is 327 g/mol. The van der Waals surface area contributed by atoms with Crippen molar-refractivity contribution in [3.63, 3.8) is 0 Å². The van der Waals surface area contributed by atoms with E-state index in [0.717, 1.165) is 11.6 Å². The number of hydrogen-bond donors (Lipinski definition) is 2. The quantitative estimate of drug-likeness (QED) is 0.736. The molecule has 1 atom stereocenters. The van der Waals surface area contributed by atoms with Gasteiger partial charge >= 0.3 is 0 Å². The highest BCUT2D eigenvalue weighted by Gasteiger charge is 2.19. The highest BCUT2D eigenvalue weighted by molar-refractivity contribution is 5.98. The molecule has 0 fully saturated rings. The number of carbonyl (C=O) groups is 1. The van der Waals surface area contributed by atoms with E-state index in [0.29, 0.717) is 5.69 Å². The molecule has 1 amide bonds. The van der Waals surface area contributed by atoms with Crippen LogP contribution in [0.4, 0.5) is 4.39 Å². The molecule has 1 heterocycles. The van der Waals surface area contributed by atoms with E-state index < -0.39 is 17.8 Å². The van der Waals surface area contributed by atoms with Crippen molar-refractivity contribution in [2.45, 2.75) is 6.04 Å². The summed E-state index contributed by atoms with van der Waals surface area (Å²) in [5, 5.41) is 23.0. The van der Waals surface area contributed by atoms with Crippen LogP contribution in [0.2, 0.25) is 0 Å². The number of nitrogens with one attached hydrogen (secondary N) is 1. The summed E-state index contributed by atoms with van der Waals surface area (Å²) in [6.07, 6.45) is 1.31. The van der Waals surface area contributed by atoms with E-state index in [1.165, 1.54) is 23.1 Å². The molecular formula is C16H14FN5O2. The molecule has 3 rings (SSSR count). The third-order valence-electron chi connectivity index (χ3n) is 3.49. The largest absolute Gasteiger partial charge is 0.394 e. The van der Waals surface area contributed by atoms with E-state index >= 15 is 0 Å². The molecule has 0 aliphatic carbocycles. The highest BCUT2D eigenvalue weighted by Crippen LogP contribution is 2.18. The summed E-state index contributed by atoms with van der Waals surface area (Å²) in [4.78, 5) is 12.6. The lowest BCUT2D eigenvalue weighted by Gasteiger charge is -2.18. The maximum Gasteiger partial charge on any atom is 0.254 e. The zero-order valence-electron chi connectivity index (χ0n) is 12.5. The van der Waals surface area contributed by atoms with E-state index in [9.17, 15) is 14.3 Å². The molecule has 8 heteroatoms. The molecule has 0 radical (unpaired) electrons. The minimum atomic E-state index is -0.608. The third-order valence-corrected chi connectivity index (χ3v) is 3.49. The summed E-state index contributed by atoms with van der Waals surface area (Å²) < 4.78 is 14.9. The lowest BCUT2D eigenvalue weighted by molar-refractivity contribution is 0.0915. The number of nitrogens with zero attached hydrogens (tertiary/aromatic N) is 4. The van der Waals surface area contributed by atoms with Gasteiger partial charge in [0.1, 0.15) is 12.1 Å². The van der Waals surface area contributed by atoms with Crippen LogP contribution >= 0.6 is 0 Å². The van der Waals surface area contributed by atoms with Crippen molar-refractivity contribution in [2.75, 3.05) is 6.61 Å². The number of amides is 1. The standard InChI is InChI=1S/C16H14FN5O2/c17-12-6-7-15(22-10-18-20-21-22)13(8-12)16(24)19-14(9-23)11-4-2-1-3-5-11/h1-8,10,14,23H,9H2,(H,19,24)/t14-/m1/s1. The molecule has 24 heavy (non-hydrogen) atoms. The van der Waals surface area contributed by atoms with Crippen molar-refractivity contribution in [1.82, 2.24) is 25.5 Å². The van der Waals surface area contributed by atoms with Gasteiger partial charge < -0.3 is 10.4 Å². The summed E-state index contributed by atoms with van der Waals surface area (Å²) in [5.74, 6) is -1.10. The molecule has 0 bridgehead atoms. The zero-order chi connectivity index (χ0) is 16.9. The molecule has 0 saturated carbocycles. The normalized spacial score (nSPS) is 11.9. The summed E-state index contributed by atoms with van der Waals surface area (Å²) in [7, 11) is 0. The van der Waals surface area contributed by atoms with Gasteiger partial charge in [0.25, 0.3) is 5.91 Å². The van der Waals surface area contributed by atoms with Crippen LogP contribution in [0.15, 0.2) is 54.9 Å². The van der Waals surface area contributed by atoms with Gasteiger partial charge in [-0.05, 0) is 34.2 Å². The average Bonchev–Trinajstić information content (AvgIpc) is 3.14. The molecule has 2 N–H and O–H groups in total. The van der Waals surface area contributed by atoms with Gasteiger partial charge in [0, 0.05) is 0 Å². The van der Waals surface area contributed by atoms with Crippen molar-refractivity contribution in [3.05, 3.63) is 71.8 Å². The molecule has 2 aromatic carbocycles. The minimum absolute atomic E-state index is 0.0664. The van der Waals surface area contributed by atoms with Crippen LogP contribution in [-0.4, -0.2) is 37.8 Å². The Balaban J connectivity index is 1.91. The Morgan fingerprint density at radius 1 is 1.25 bits per heavy atom. The number of benzene rings is 2.